The van der Waals surface area contributed by atoms with Crippen molar-refractivity contribution in [2.45, 2.75) is 32.7 Å². The van der Waals surface area contributed by atoms with Gasteiger partial charge in [0.15, 0.2) is 0 Å². The van der Waals surface area contributed by atoms with Crippen LogP contribution in [0, 0.1) is 11.7 Å². The summed E-state index contributed by atoms with van der Waals surface area (Å²) >= 11 is 12.1. The lowest BCUT2D eigenvalue weighted by atomic mass is 10.0. The second kappa shape index (κ2) is 6.97. The molecule has 0 saturated carbocycles. The van der Waals surface area contributed by atoms with Gasteiger partial charge in [0.1, 0.15) is 5.82 Å². The van der Waals surface area contributed by atoms with Crippen LogP contribution in [0.4, 0.5) is 10.1 Å². The van der Waals surface area contributed by atoms with E-state index >= 15 is 0 Å². The topological polar surface area (TPSA) is 15.3 Å². The maximum absolute atomic E-state index is 13.2. The lowest BCUT2D eigenvalue weighted by Gasteiger charge is -2.34. The van der Waals surface area contributed by atoms with Crippen LogP contribution >= 0.6 is 23.2 Å². The van der Waals surface area contributed by atoms with Crippen molar-refractivity contribution in [3.63, 3.8) is 0 Å². The largest absolute Gasteiger partial charge is 0.380 e. The number of benzene rings is 1. The monoisotopic (exact) mass is 318 g/mol. The third-order valence-corrected chi connectivity index (χ3v) is 4.16. The van der Waals surface area contributed by atoms with Crippen molar-refractivity contribution < 1.29 is 4.39 Å². The average molecular weight is 319 g/mol. The Labute approximate surface area is 130 Å². The number of hydrogen-bond acceptors (Lipinski definition) is 2. The Hall–Kier alpha value is -0.510. The predicted octanol–water partition coefficient (Wildman–Crippen LogP) is 4.66. The van der Waals surface area contributed by atoms with Crippen molar-refractivity contribution in [2.75, 3.05) is 25.0 Å². The fourth-order valence-electron chi connectivity index (χ4n) is 2.66. The van der Waals surface area contributed by atoms with Gasteiger partial charge < -0.3 is 10.2 Å². The molecule has 0 unspecified atom stereocenters. The van der Waals surface area contributed by atoms with Crippen LogP contribution in [0.3, 0.4) is 0 Å². The van der Waals surface area contributed by atoms with Gasteiger partial charge in [0.2, 0.25) is 0 Å². The fraction of sp³-hybridized carbons (Fsp3) is 0.600. The Morgan fingerprint density at radius 1 is 1.25 bits per heavy atom. The molecule has 1 heterocycles. The molecule has 1 saturated heterocycles. The molecule has 1 aliphatic rings. The van der Waals surface area contributed by atoms with Crippen LogP contribution in [0.1, 0.15) is 26.7 Å². The number of nitrogens with zero attached hydrogens (tertiary/aromatic N) is 1. The van der Waals surface area contributed by atoms with Gasteiger partial charge in [0, 0.05) is 25.7 Å². The minimum Gasteiger partial charge on any atom is -0.380 e. The van der Waals surface area contributed by atoms with Gasteiger partial charge in [-0.25, -0.2) is 4.39 Å². The van der Waals surface area contributed by atoms with Crippen LogP contribution < -0.4 is 5.32 Å². The van der Waals surface area contributed by atoms with Gasteiger partial charge in [0.25, 0.3) is 0 Å². The molecule has 0 bridgehead atoms. The second-order valence-corrected chi connectivity index (χ2v) is 6.67. The lowest BCUT2D eigenvalue weighted by Crippen LogP contribution is -2.40. The van der Waals surface area contributed by atoms with E-state index in [9.17, 15) is 4.39 Å². The summed E-state index contributed by atoms with van der Waals surface area (Å²) in [5.74, 6) is 0.290. The molecule has 2 nitrogen and oxygen atoms in total. The van der Waals surface area contributed by atoms with Crippen LogP contribution in [0.2, 0.25) is 10.0 Å². The Bertz CT molecular complexity index is 434. The van der Waals surface area contributed by atoms with Gasteiger partial charge in [-0.3, -0.25) is 0 Å². The number of nitrogens with one attached hydrogen (secondary N) is 1. The number of rotatable bonds is 4. The van der Waals surface area contributed by atoms with E-state index in [1.807, 2.05) is 0 Å². The molecule has 20 heavy (non-hydrogen) atoms. The van der Waals surface area contributed by atoms with Gasteiger partial charge in [-0.15, -0.1) is 0 Å². The molecule has 1 aliphatic heterocycles. The molecule has 112 valence electrons. The molecule has 1 aromatic carbocycles. The average Bonchev–Trinajstić information content (AvgIpc) is 2.35. The van der Waals surface area contributed by atoms with Crippen LogP contribution in [-0.4, -0.2) is 30.6 Å². The Morgan fingerprint density at radius 3 is 2.30 bits per heavy atom. The molecule has 0 spiro atoms. The second-order valence-electron chi connectivity index (χ2n) is 5.86. The zero-order chi connectivity index (χ0) is 14.7. The van der Waals surface area contributed by atoms with Crippen molar-refractivity contribution in [1.82, 2.24) is 4.90 Å². The summed E-state index contributed by atoms with van der Waals surface area (Å²) in [6, 6.07) is 2.94. The first-order valence-corrected chi connectivity index (χ1v) is 7.84. The summed E-state index contributed by atoms with van der Waals surface area (Å²) in [5.41, 5.74) is 0.650. The quantitative estimate of drug-likeness (QED) is 0.868. The maximum Gasteiger partial charge on any atom is 0.126 e. The highest BCUT2D eigenvalue weighted by atomic mass is 35.5. The van der Waals surface area contributed by atoms with E-state index in [1.165, 1.54) is 12.1 Å². The number of hydrogen-bond donors (Lipinski definition) is 1. The fourth-order valence-corrected chi connectivity index (χ4v) is 3.23. The van der Waals surface area contributed by atoms with E-state index in [0.29, 0.717) is 27.7 Å². The first kappa shape index (κ1) is 15.9. The van der Waals surface area contributed by atoms with E-state index in [4.69, 9.17) is 23.2 Å². The summed E-state index contributed by atoms with van der Waals surface area (Å²) in [5, 5.41) is 4.06. The summed E-state index contributed by atoms with van der Waals surface area (Å²) in [6.45, 7) is 7.77. The van der Waals surface area contributed by atoms with E-state index in [1.54, 1.807) is 0 Å². The van der Waals surface area contributed by atoms with Gasteiger partial charge in [-0.2, -0.15) is 0 Å². The van der Waals surface area contributed by atoms with Gasteiger partial charge >= 0.3 is 0 Å². The number of piperidine rings is 1. The highest BCUT2D eigenvalue weighted by Crippen LogP contribution is 2.33. The summed E-state index contributed by atoms with van der Waals surface area (Å²) in [6.07, 6.45) is 2.10. The zero-order valence-electron chi connectivity index (χ0n) is 11.9. The van der Waals surface area contributed by atoms with Crippen LogP contribution in [0.25, 0.3) is 0 Å². The molecule has 1 aromatic rings. The molecule has 5 heteroatoms. The first-order valence-electron chi connectivity index (χ1n) is 7.09. The van der Waals surface area contributed by atoms with Crippen LogP contribution in [-0.2, 0) is 0 Å². The van der Waals surface area contributed by atoms with Gasteiger partial charge in [-0.1, -0.05) is 37.0 Å². The Balaban J connectivity index is 1.93. The standard InChI is InChI=1S/C15H21Cl2FN2/c1-10(2)9-20-5-3-12(4-6-20)19-15-13(16)7-11(18)8-14(15)17/h7-8,10,12,19H,3-6,9H2,1-2H3. The SMILES string of the molecule is CC(C)CN1CCC(Nc2c(Cl)cc(F)cc2Cl)CC1. The first-order chi connectivity index (χ1) is 9.45. The third-order valence-electron chi connectivity index (χ3n) is 3.57. The van der Waals surface area contributed by atoms with E-state index < -0.39 is 5.82 Å². The number of likely N-dealkylation sites (tertiary alicyclic amines) is 1. The zero-order valence-corrected chi connectivity index (χ0v) is 13.4. The summed E-state index contributed by atoms with van der Waals surface area (Å²) in [4.78, 5) is 2.48. The van der Waals surface area contributed by atoms with Crippen molar-refractivity contribution >= 4 is 28.9 Å². The molecular weight excluding hydrogens is 298 g/mol. The van der Waals surface area contributed by atoms with Crippen molar-refractivity contribution in [3.05, 3.63) is 28.0 Å². The van der Waals surface area contributed by atoms with Crippen molar-refractivity contribution in [3.8, 4) is 0 Å². The Morgan fingerprint density at radius 2 is 1.80 bits per heavy atom. The molecule has 1 N–H and O–H groups in total. The van der Waals surface area contributed by atoms with E-state index in [2.05, 4.69) is 24.1 Å². The summed E-state index contributed by atoms with van der Waals surface area (Å²) < 4.78 is 13.2. The van der Waals surface area contributed by atoms with Crippen LogP contribution in [0.15, 0.2) is 12.1 Å². The highest BCUT2D eigenvalue weighted by Gasteiger charge is 2.21. The number of halogens is 3. The molecule has 2 rings (SSSR count). The Kier molecular flexibility index (Phi) is 5.53. The third kappa shape index (κ3) is 4.24. The minimum atomic E-state index is -0.405. The minimum absolute atomic E-state index is 0.346. The molecule has 0 radical (unpaired) electrons. The predicted molar refractivity (Wildman–Crippen MR) is 84.3 cm³/mol. The van der Waals surface area contributed by atoms with Crippen LogP contribution in [0.5, 0.6) is 0 Å². The summed E-state index contributed by atoms with van der Waals surface area (Å²) in [7, 11) is 0. The molecule has 0 atom stereocenters. The smallest absolute Gasteiger partial charge is 0.126 e. The number of anilines is 1. The van der Waals surface area contributed by atoms with E-state index in [0.717, 1.165) is 32.5 Å². The molecule has 0 amide bonds. The maximum atomic E-state index is 13.2. The molecular formula is C15H21Cl2FN2. The molecule has 0 aromatic heterocycles. The lowest BCUT2D eigenvalue weighted by molar-refractivity contribution is 0.198. The van der Waals surface area contributed by atoms with Crippen molar-refractivity contribution in [2.24, 2.45) is 5.92 Å². The van der Waals surface area contributed by atoms with Crippen molar-refractivity contribution in [1.29, 1.82) is 0 Å². The molecule has 1 fully saturated rings. The normalized spacial score (nSPS) is 17.7. The highest BCUT2D eigenvalue weighted by molar-refractivity contribution is 6.39. The molecule has 0 aliphatic carbocycles. The van der Waals surface area contributed by atoms with Gasteiger partial charge in [0.05, 0.1) is 15.7 Å². The van der Waals surface area contributed by atoms with E-state index in [-0.39, 0.29) is 0 Å². The van der Waals surface area contributed by atoms with Gasteiger partial charge in [-0.05, 0) is 30.9 Å².